The highest BCUT2D eigenvalue weighted by Crippen LogP contribution is 2.25. The molecule has 5 heteroatoms. The van der Waals surface area contributed by atoms with Gasteiger partial charge in [0.2, 0.25) is 0 Å². The maximum Gasteiger partial charge on any atom is 0.359 e. The number of nitrogens with zero attached hydrogens (tertiary/aromatic N) is 2. The van der Waals surface area contributed by atoms with Gasteiger partial charge in [-0.1, -0.05) is 18.2 Å². The van der Waals surface area contributed by atoms with Crippen LogP contribution >= 0.6 is 0 Å². The predicted molar refractivity (Wildman–Crippen MR) is 76.5 cm³/mol. The maximum atomic E-state index is 14.0. The second-order valence-corrected chi connectivity index (χ2v) is 4.44. The minimum absolute atomic E-state index is 0.190. The van der Waals surface area contributed by atoms with Crippen LogP contribution in [0.2, 0.25) is 0 Å². The monoisotopic (exact) mass is 284 g/mol. The molecule has 0 aliphatic carbocycles. The van der Waals surface area contributed by atoms with Gasteiger partial charge < -0.3 is 4.74 Å². The lowest BCUT2D eigenvalue weighted by atomic mass is 10.2. The average molecular weight is 284 g/mol. The Bertz CT molecular complexity index is 811. The zero-order valence-corrected chi connectivity index (χ0v) is 11.4. The number of esters is 1. The molecule has 0 fully saturated rings. The van der Waals surface area contributed by atoms with Crippen LogP contribution in [0.15, 0.2) is 48.7 Å². The van der Waals surface area contributed by atoms with Crippen molar-refractivity contribution in [2.45, 2.75) is 6.92 Å². The van der Waals surface area contributed by atoms with Gasteiger partial charge in [0.25, 0.3) is 0 Å². The Hall–Kier alpha value is -2.69. The van der Waals surface area contributed by atoms with E-state index in [1.54, 1.807) is 53.9 Å². The van der Waals surface area contributed by atoms with Crippen LogP contribution in [-0.2, 0) is 4.74 Å². The summed E-state index contributed by atoms with van der Waals surface area (Å²) in [5.74, 6) is -0.515. The summed E-state index contributed by atoms with van der Waals surface area (Å²) in [6.07, 6.45) is 1.74. The molecule has 106 valence electrons. The van der Waals surface area contributed by atoms with E-state index in [4.69, 9.17) is 4.74 Å². The van der Waals surface area contributed by atoms with E-state index in [9.17, 15) is 9.18 Å². The minimum atomic E-state index is -0.510. The molecule has 2 heterocycles. The van der Waals surface area contributed by atoms with Crippen LogP contribution in [0.5, 0.6) is 0 Å². The number of ether oxygens (including phenoxy) is 1. The molecular weight excluding hydrogens is 271 g/mol. The molecule has 0 atom stereocenters. The summed E-state index contributed by atoms with van der Waals surface area (Å²) in [5.41, 5.74) is 1.12. The van der Waals surface area contributed by atoms with Crippen molar-refractivity contribution in [3.8, 4) is 11.4 Å². The first kappa shape index (κ1) is 13.3. The van der Waals surface area contributed by atoms with Crippen molar-refractivity contribution in [1.29, 1.82) is 0 Å². The molecule has 1 aromatic carbocycles. The third-order valence-corrected chi connectivity index (χ3v) is 3.13. The highest BCUT2D eigenvalue weighted by Gasteiger charge is 2.20. The highest BCUT2D eigenvalue weighted by atomic mass is 19.1. The average Bonchev–Trinajstić information content (AvgIpc) is 2.88. The number of carbonyl (C=O) groups excluding carboxylic acids is 1. The Morgan fingerprint density at radius 3 is 2.76 bits per heavy atom. The first-order valence-corrected chi connectivity index (χ1v) is 6.61. The molecule has 0 amide bonds. The maximum absolute atomic E-state index is 14.0. The van der Waals surface area contributed by atoms with E-state index in [-0.39, 0.29) is 18.1 Å². The molecule has 0 aliphatic heterocycles. The molecule has 0 saturated carbocycles. The Balaban J connectivity index is 2.25. The van der Waals surface area contributed by atoms with Crippen molar-refractivity contribution in [2.75, 3.05) is 6.61 Å². The van der Waals surface area contributed by atoms with Crippen molar-refractivity contribution < 1.29 is 13.9 Å². The summed E-state index contributed by atoms with van der Waals surface area (Å²) in [6.45, 7) is 1.99. The van der Waals surface area contributed by atoms with Gasteiger partial charge >= 0.3 is 5.97 Å². The topological polar surface area (TPSA) is 43.6 Å². The van der Waals surface area contributed by atoms with E-state index < -0.39 is 5.97 Å². The van der Waals surface area contributed by atoms with E-state index >= 15 is 0 Å². The molecule has 0 spiro atoms. The molecule has 2 aromatic heterocycles. The molecule has 3 rings (SSSR count). The smallest absolute Gasteiger partial charge is 0.359 e. The summed E-state index contributed by atoms with van der Waals surface area (Å²) in [7, 11) is 0. The van der Waals surface area contributed by atoms with E-state index in [0.29, 0.717) is 16.9 Å². The van der Waals surface area contributed by atoms with Crippen LogP contribution in [0.4, 0.5) is 4.39 Å². The van der Waals surface area contributed by atoms with Gasteiger partial charge in [-0.3, -0.25) is 4.40 Å². The van der Waals surface area contributed by atoms with E-state index in [2.05, 4.69) is 4.98 Å². The first-order chi connectivity index (χ1) is 10.2. The molecule has 0 saturated heterocycles. The quantitative estimate of drug-likeness (QED) is 0.693. The second-order valence-electron chi connectivity index (χ2n) is 4.44. The van der Waals surface area contributed by atoms with Gasteiger partial charge in [0.05, 0.1) is 17.7 Å². The van der Waals surface area contributed by atoms with Gasteiger partial charge in [0.1, 0.15) is 11.6 Å². The normalized spacial score (nSPS) is 10.8. The van der Waals surface area contributed by atoms with E-state index in [1.807, 2.05) is 0 Å². The van der Waals surface area contributed by atoms with Gasteiger partial charge in [-0.05, 0) is 31.2 Å². The predicted octanol–water partition coefficient (Wildman–Crippen LogP) is 3.32. The lowest BCUT2D eigenvalue weighted by Gasteiger charge is -2.01. The van der Waals surface area contributed by atoms with E-state index in [1.165, 1.54) is 6.07 Å². The van der Waals surface area contributed by atoms with Crippen LogP contribution < -0.4 is 0 Å². The fraction of sp³-hybridized carbons (Fsp3) is 0.125. The summed E-state index contributed by atoms with van der Waals surface area (Å²) < 4.78 is 20.7. The van der Waals surface area contributed by atoms with Gasteiger partial charge in [-0.2, -0.15) is 0 Å². The van der Waals surface area contributed by atoms with E-state index in [0.717, 1.165) is 0 Å². The summed E-state index contributed by atoms with van der Waals surface area (Å²) in [5, 5.41) is 0. The summed E-state index contributed by atoms with van der Waals surface area (Å²) in [4.78, 5) is 16.3. The summed E-state index contributed by atoms with van der Waals surface area (Å²) in [6, 6.07) is 11.7. The molecule has 0 radical (unpaired) electrons. The molecule has 0 unspecified atom stereocenters. The molecule has 3 aromatic rings. The molecule has 21 heavy (non-hydrogen) atoms. The van der Waals surface area contributed by atoms with Crippen molar-refractivity contribution in [1.82, 2.24) is 9.38 Å². The van der Waals surface area contributed by atoms with Crippen molar-refractivity contribution in [3.05, 3.63) is 60.2 Å². The minimum Gasteiger partial charge on any atom is -0.461 e. The van der Waals surface area contributed by atoms with Crippen LogP contribution in [0.3, 0.4) is 0 Å². The SMILES string of the molecule is CCOC(=O)c1nc(-c2ccccc2F)n2ccccc12. The number of pyridine rings is 1. The van der Waals surface area contributed by atoms with Crippen molar-refractivity contribution >= 4 is 11.5 Å². The number of rotatable bonds is 3. The number of hydrogen-bond acceptors (Lipinski definition) is 3. The number of hydrogen-bond donors (Lipinski definition) is 0. The number of fused-ring (bicyclic) bond motifs is 1. The zero-order chi connectivity index (χ0) is 14.8. The lowest BCUT2D eigenvalue weighted by molar-refractivity contribution is 0.0522. The van der Waals surface area contributed by atoms with Crippen molar-refractivity contribution in [2.24, 2.45) is 0 Å². The van der Waals surface area contributed by atoms with Gasteiger partial charge in [0.15, 0.2) is 5.69 Å². The number of benzene rings is 1. The first-order valence-electron chi connectivity index (χ1n) is 6.61. The molecular formula is C16H13FN2O2. The zero-order valence-electron chi connectivity index (χ0n) is 11.4. The molecule has 0 aliphatic rings. The standard InChI is InChI=1S/C16H13FN2O2/c1-2-21-16(20)14-13-9-5-6-10-19(13)15(18-14)11-7-3-4-8-12(11)17/h3-10H,2H2,1H3. The molecule has 0 bridgehead atoms. The highest BCUT2D eigenvalue weighted by molar-refractivity contribution is 5.96. The number of halogens is 1. The van der Waals surface area contributed by atoms with Crippen LogP contribution in [-0.4, -0.2) is 22.0 Å². The number of aromatic nitrogens is 2. The van der Waals surface area contributed by atoms with Crippen LogP contribution in [0.25, 0.3) is 16.9 Å². The van der Waals surface area contributed by atoms with Crippen molar-refractivity contribution in [3.63, 3.8) is 0 Å². The fourth-order valence-electron chi connectivity index (χ4n) is 2.22. The number of carbonyl (C=O) groups is 1. The van der Waals surface area contributed by atoms with Gasteiger partial charge in [0, 0.05) is 6.20 Å². The van der Waals surface area contributed by atoms with Gasteiger partial charge in [-0.15, -0.1) is 0 Å². The molecule has 0 N–H and O–H groups in total. The largest absolute Gasteiger partial charge is 0.461 e. The van der Waals surface area contributed by atoms with Gasteiger partial charge in [-0.25, -0.2) is 14.2 Å². The Morgan fingerprint density at radius 2 is 2.00 bits per heavy atom. The summed E-state index contributed by atoms with van der Waals surface area (Å²) >= 11 is 0. The second kappa shape index (κ2) is 5.36. The Labute approximate surface area is 120 Å². The fourth-order valence-corrected chi connectivity index (χ4v) is 2.22. The Kier molecular flexibility index (Phi) is 3.39. The van der Waals surface area contributed by atoms with Crippen LogP contribution in [0, 0.1) is 5.82 Å². The molecule has 4 nitrogen and oxygen atoms in total. The number of imidazole rings is 1. The Morgan fingerprint density at radius 1 is 1.24 bits per heavy atom. The third-order valence-electron chi connectivity index (χ3n) is 3.13. The lowest BCUT2D eigenvalue weighted by Crippen LogP contribution is -2.05. The third kappa shape index (κ3) is 2.27. The van der Waals surface area contributed by atoms with Crippen LogP contribution in [0.1, 0.15) is 17.4 Å².